The number of methoxy groups -OCH3 is 1. The van der Waals surface area contributed by atoms with E-state index in [1.165, 1.54) is 23.5 Å². The average Bonchev–Trinajstić information content (AvgIpc) is 2.47. The number of nitrogen functional groups attached to an aromatic ring is 1. The van der Waals surface area contributed by atoms with Crippen LogP contribution in [0.3, 0.4) is 0 Å². The first-order valence-corrected chi connectivity index (χ1v) is 8.42. The molecule has 0 amide bonds. The molecule has 1 aromatic carbocycles. The summed E-state index contributed by atoms with van der Waals surface area (Å²) in [6.45, 7) is 3.66. The topological polar surface area (TPSA) is 92.9 Å². The number of benzene rings is 1. The van der Waals surface area contributed by atoms with E-state index >= 15 is 0 Å². The Morgan fingerprint density at radius 1 is 1.33 bits per heavy atom. The predicted octanol–water partition coefficient (Wildman–Crippen LogP) is 1.45. The van der Waals surface area contributed by atoms with Crippen LogP contribution < -0.4 is 10.5 Å². The molecule has 0 saturated carbocycles. The molecular weight excluding hydrogens is 292 g/mol. The highest BCUT2D eigenvalue weighted by molar-refractivity contribution is 7.89. The molecule has 0 unspecified atom stereocenters. The van der Waals surface area contributed by atoms with Crippen molar-refractivity contribution in [2.24, 2.45) is 0 Å². The maximum absolute atomic E-state index is 12.9. The van der Waals surface area contributed by atoms with E-state index < -0.39 is 10.0 Å². The second-order valence-corrected chi connectivity index (χ2v) is 6.58. The molecule has 0 bridgehead atoms. The summed E-state index contributed by atoms with van der Waals surface area (Å²) in [6, 6.07) is 4.34. The van der Waals surface area contributed by atoms with E-state index in [1.807, 2.05) is 13.8 Å². The van der Waals surface area contributed by atoms with Crippen molar-refractivity contribution in [2.75, 3.05) is 26.0 Å². The molecule has 6 nitrogen and oxygen atoms in total. The maximum atomic E-state index is 12.9. The van der Waals surface area contributed by atoms with Crippen molar-refractivity contribution in [1.82, 2.24) is 4.31 Å². The Hall–Kier alpha value is -1.31. The van der Waals surface area contributed by atoms with Gasteiger partial charge in [-0.2, -0.15) is 4.31 Å². The Morgan fingerprint density at radius 3 is 2.43 bits per heavy atom. The third kappa shape index (κ3) is 3.87. The molecule has 0 aliphatic rings. The highest BCUT2D eigenvalue weighted by Crippen LogP contribution is 2.30. The van der Waals surface area contributed by atoms with Crippen LogP contribution >= 0.6 is 0 Å². The van der Waals surface area contributed by atoms with Gasteiger partial charge < -0.3 is 15.6 Å². The molecule has 0 aliphatic heterocycles. The van der Waals surface area contributed by atoms with Gasteiger partial charge >= 0.3 is 0 Å². The number of hydrogen-bond acceptors (Lipinski definition) is 5. The molecule has 0 heterocycles. The maximum Gasteiger partial charge on any atom is 0.247 e. The molecule has 0 aromatic heterocycles. The Bertz CT molecular complexity index is 556. The molecule has 0 atom stereocenters. The van der Waals surface area contributed by atoms with Crippen molar-refractivity contribution in [1.29, 1.82) is 0 Å². The van der Waals surface area contributed by atoms with Gasteiger partial charge in [0.05, 0.1) is 13.7 Å². The number of aliphatic hydroxyl groups excluding tert-OH is 1. The molecule has 3 N–H and O–H groups in total. The summed E-state index contributed by atoms with van der Waals surface area (Å²) in [6.07, 6.45) is 1.33. The summed E-state index contributed by atoms with van der Waals surface area (Å²) in [4.78, 5) is 0.0327. The van der Waals surface area contributed by atoms with Gasteiger partial charge in [0, 0.05) is 18.3 Å². The van der Waals surface area contributed by atoms with Crippen LogP contribution in [0.1, 0.15) is 26.7 Å². The molecule has 0 saturated heterocycles. The molecule has 0 fully saturated rings. The molecule has 21 heavy (non-hydrogen) atoms. The van der Waals surface area contributed by atoms with Crippen LogP contribution in [0.5, 0.6) is 5.75 Å². The minimum Gasteiger partial charge on any atom is -0.495 e. The lowest BCUT2D eigenvalue weighted by Gasteiger charge is -2.29. The first kappa shape index (κ1) is 17.7. The number of hydrogen-bond donors (Lipinski definition) is 2. The second kappa shape index (κ2) is 7.63. The molecular formula is C14H24N2O4S. The minimum atomic E-state index is -3.78. The lowest BCUT2D eigenvalue weighted by atomic mass is 10.2. The van der Waals surface area contributed by atoms with Crippen molar-refractivity contribution in [3.63, 3.8) is 0 Å². The van der Waals surface area contributed by atoms with Crippen molar-refractivity contribution in [3.8, 4) is 5.75 Å². The SMILES string of the molecule is CCC(CC)N(CCO)S(=O)(=O)c1cc(N)ccc1OC. The molecule has 0 spiro atoms. The van der Waals surface area contributed by atoms with Crippen molar-refractivity contribution >= 4 is 15.7 Å². The van der Waals surface area contributed by atoms with Crippen LogP contribution in [-0.4, -0.2) is 44.1 Å². The van der Waals surface area contributed by atoms with E-state index in [0.29, 0.717) is 18.5 Å². The third-order valence-corrected chi connectivity index (χ3v) is 5.42. The number of nitrogens with zero attached hydrogens (tertiary/aromatic N) is 1. The highest BCUT2D eigenvalue weighted by Gasteiger charge is 2.31. The summed E-state index contributed by atoms with van der Waals surface area (Å²) in [5.41, 5.74) is 6.06. The van der Waals surface area contributed by atoms with E-state index in [9.17, 15) is 13.5 Å². The van der Waals surface area contributed by atoms with Gasteiger partial charge in [-0.05, 0) is 31.0 Å². The van der Waals surface area contributed by atoms with Gasteiger partial charge in [-0.15, -0.1) is 0 Å². The molecule has 7 heteroatoms. The molecule has 0 aliphatic carbocycles. The van der Waals surface area contributed by atoms with Crippen LogP contribution in [0.25, 0.3) is 0 Å². The highest BCUT2D eigenvalue weighted by atomic mass is 32.2. The zero-order valence-corrected chi connectivity index (χ0v) is 13.6. The molecule has 1 aromatic rings. The summed E-state index contributed by atoms with van der Waals surface area (Å²) < 4.78 is 32.2. The van der Waals surface area contributed by atoms with Gasteiger partial charge in [-0.25, -0.2) is 8.42 Å². The first-order valence-electron chi connectivity index (χ1n) is 6.98. The fourth-order valence-electron chi connectivity index (χ4n) is 2.31. The van der Waals surface area contributed by atoms with Crippen LogP contribution in [0.15, 0.2) is 23.1 Å². The van der Waals surface area contributed by atoms with Gasteiger partial charge in [-0.1, -0.05) is 13.8 Å². The largest absolute Gasteiger partial charge is 0.495 e. The standard InChI is InChI=1S/C14H24N2O4S/c1-4-12(5-2)16(8-9-17)21(18,19)14-10-11(15)6-7-13(14)20-3/h6-7,10,12,17H,4-5,8-9,15H2,1-3H3. The van der Waals surface area contributed by atoms with Crippen LogP contribution in [-0.2, 0) is 10.0 Å². The summed E-state index contributed by atoms with van der Waals surface area (Å²) in [5.74, 6) is 0.248. The van der Waals surface area contributed by atoms with Crippen molar-refractivity contribution in [2.45, 2.75) is 37.6 Å². The smallest absolute Gasteiger partial charge is 0.247 e. The van der Waals surface area contributed by atoms with Gasteiger partial charge in [-0.3, -0.25) is 0 Å². The molecule has 0 radical (unpaired) electrons. The first-order chi connectivity index (χ1) is 9.92. The predicted molar refractivity (Wildman–Crippen MR) is 82.8 cm³/mol. The second-order valence-electron chi connectivity index (χ2n) is 4.72. The van der Waals surface area contributed by atoms with E-state index in [2.05, 4.69) is 0 Å². The van der Waals surface area contributed by atoms with Gasteiger partial charge in [0.25, 0.3) is 0 Å². The fourth-order valence-corrected chi connectivity index (χ4v) is 4.27. The van der Waals surface area contributed by atoms with Crippen LogP contribution in [0, 0.1) is 0 Å². The van der Waals surface area contributed by atoms with Crippen molar-refractivity contribution < 1.29 is 18.3 Å². The average molecular weight is 316 g/mol. The Kier molecular flexibility index (Phi) is 6.44. The van der Waals surface area contributed by atoms with Gasteiger partial charge in [0.2, 0.25) is 10.0 Å². The van der Waals surface area contributed by atoms with Crippen molar-refractivity contribution in [3.05, 3.63) is 18.2 Å². The van der Waals surface area contributed by atoms with E-state index in [0.717, 1.165) is 0 Å². The number of sulfonamides is 1. The minimum absolute atomic E-state index is 0.0327. The van der Waals surface area contributed by atoms with Crippen LogP contribution in [0.4, 0.5) is 5.69 Å². The molecule has 120 valence electrons. The normalized spacial score (nSPS) is 12.1. The zero-order chi connectivity index (χ0) is 16.0. The summed E-state index contributed by atoms with van der Waals surface area (Å²) in [7, 11) is -2.37. The number of rotatable bonds is 8. The monoisotopic (exact) mass is 316 g/mol. The van der Waals surface area contributed by atoms with E-state index in [1.54, 1.807) is 6.07 Å². The Morgan fingerprint density at radius 2 is 1.95 bits per heavy atom. The van der Waals surface area contributed by atoms with E-state index in [4.69, 9.17) is 10.5 Å². The zero-order valence-electron chi connectivity index (χ0n) is 12.7. The lowest BCUT2D eigenvalue weighted by Crippen LogP contribution is -2.41. The number of anilines is 1. The summed E-state index contributed by atoms with van der Waals surface area (Å²) >= 11 is 0. The Balaban J connectivity index is 3.38. The Labute approximate surface area is 126 Å². The quantitative estimate of drug-likeness (QED) is 0.708. The number of aliphatic hydroxyl groups is 1. The third-order valence-electron chi connectivity index (χ3n) is 3.44. The lowest BCUT2D eigenvalue weighted by molar-refractivity contribution is 0.219. The van der Waals surface area contributed by atoms with E-state index in [-0.39, 0.29) is 29.8 Å². The fraction of sp³-hybridized carbons (Fsp3) is 0.571. The number of nitrogens with two attached hydrogens (primary N) is 1. The number of ether oxygens (including phenoxy) is 1. The van der Waals surface area contributed by atoms with Crippen LogP contribution in [0.2, 0.25) is 0 Å². The van der Waals surface area contributed by atoms with Gasteiger partial charge in [0.15, 0.2) is 0 Å². The molecule has 1 rings (SSSR count). The summed E-state index contributed by atoms with van der Waals surface area (Å²) in [5, 5.41) is 9.21. The van der Waals surface area contributed by atoms with Gasteiger partial charge in [0.1, 0.15) is 10.6 Å².